The average molecular weight is 251 g/mol. The second kappa shape index (κ2) is 8.60. The molecule has 2 heteroatoms. The Hall–Kier alpha value is -0.470. The third-order valence-corrected chi connectivity index (χ3v) is 4.29. The smallest absolute Gasteiger partial charge is 0.00280 e. The van der Waals surface area contributed by atoms with E-state index in [1.54, 1.807) is 0 Å². The summed E-state index contributed by atoms with van der Waals surface area (Å²) in [7, 11) is 0. The van der Waals surface area contributed by atoms with E-state index in [1.807, 2.05) is 11.8 Å². The van der Waals surface area contributed by atoms with E-state index in [2.05, 4.69) is 55.8 Å². The molecule has 0 saturated carbocycles. The summed E-state index contributed by atoms with van der Waals surface area (Å²) in [5.41, 5.74) is 1.45. The Kier molecular flexibility index (Phi) is 7.38. The first-order valence-corrected chi connectivity index (χ1v) is 7.81. The molecule has 17 heavy (non-hydrogen) atoms. The summed E-state index contributed by atoms with van der Waals surface area (Å²) in [6.07, 6.45) is 4.67. The van der Waals surface area contributed by atoms with Crippen molar-refractivity contribution in [2.45, 2.75) is 37.9 Å². The molecular formula is C15H25NS. The molecule has 1 aromatic carbocycles. The van der Waals surface area contributed by atoms with Crippen LogP contribution in [0, 0.1) is 0 Å². The third kappa shape index (κ3) is 6.13. The van der Waals surface area contributed by atoms with Crippen molar-refractivity contribution in [3.05, 3.63) is 35.9 Å². The molecule has 96 valence electrons. The van der Waals surface area contributed by atoms with Crippen LogP contribution in [-0.2, 0) is 0 Å². The molecule has 0 radical (unpaired) electrons. The molecule has 0 fully saturated rings. The van der Waals surface area contributed by atoms with Crippen molar-refractivity contribution < 1.29 is 0 Å². The number of thioether (sulfide) groups is 1. The number of nitrogens with one attached hydrogen (secondary N) is 1. The summed E-state index contributed by atoms with van der Waals surface area (Å²) in [4.78, 5) is 0. The van der Waals surface area contributed by atoms with Crippen LogP contribution in [-0.4, -0.2) is 24.6 Å². The van der Waals surface area contributed by atoms with Crippen LogP contribution in [0.4, 0.5) is 0 Å². The van der Waals surface area contributed by atoms with E-state index in [-0.39, 0.29) is 0 Å². The van der Waals surface area contributed by atoms with Crippen LogP contribution >= 0.6 is 11.8 Å². The molecule has 0 aliphatic carbocycles. The van der Waals surface area contributed by atoms with Crippen LogP contribution in [0.15, 0.2) is 30.3 Å². The molecule has 1 rings (SSSR count). The first-order valence-electron chi connectivity index (χ1n) is 6.52. The molecule has 0 aliphatic rings. The SMILES string of the molecule is CSC(C)CCNCCC(C)c1ccccc1. The first kappa shape index (κ1) is 14.6. The van der Waals surface area contributed by atoms with Gasteiger partial charge in [-0.1, -0.05) is 44.2 Å². The topological polar surface area (TPSA) is 12.0 Å². The van der Waals surface area contributed by atoms with Gasteiger partial charge in [0, 0.05) is 5.25 Å². The number of hydrogen-bond acceptors (Lipinski definition) is 2. The summed E-state index contributed by atoms with van der Waals surface area (Å²) in [6, 6.07) is 10.8. The minimum Gasteiger partial charge on any atom is -0.317 e. The zero-order valence-corrected chi connectivity index (χ0v) is 12.1. The Balaban J connectivity index is 2.11. The van der Waals surface area contributed by atoms with Crippen LogP contribution in [0.2, 0.25) is 0 Å². The summed E-state index contributed by atoms with van der Waals surface area (Å²) >= 11 is 1.95. The van der Waals surface area contributed by atoms with Gasteiger partial charge < -0.3 is 5.32 Å². The molecule has 0 aliphatic heterocycles. The van der Waals surface area contributed by atoms with Gasteiger partial charge in [-0.25, -0.2) is 0 Å². The monoisotopic (exact) mass is 251 g/mol. The zero-order chi connectivity index (χ0) is 12.5. The van der Waals surface area contributed by atoms with Gasteiger partial charge in [-0.2, -0.15) is 11.8 Å². The highest BCUT2D eigenvalue weighted by Gasteiger charge is 2.04. The average Bonchev–Trinajstić information content (AvgIpc) is 2.38. The van der Waals surface area contributed by atoms with E-state index < -0.39 is 0 Å². The van der Waals surface area contributed by atoms with Gasteiger partial charge in [0.05, 0.1) is 0 Å². The number of rotatable bonds is 8. The van der Waals surface area contributed by atoms with Crippen LogP contribution in [0.5, 0.6) is 0 Å². The predicted molar refractivity (Wildman–Crippen MR) is 79.9 cm³/mol. The first-order chi connectivity index (χ1) is 8.24. The highest BCUT2D eigenvalue weighted by atomic mass is 32.2. The Morgan fingerprint density at radius 2 is 1.71 bits per heavy atom. The minimum absolute atomic E-state index is 0.654. The lowest BCUT2D eigenvalue weighted by atomic mass is 9.98. The summed E-state index contributed by atoms with van der Waals surface area (Å²) in [5.74, 6) is 0.654. The standard InChI is InChI=1S/C15H25NS/c1-13(15-7-5-4-6-8-15)9-11-16-12-10-14(2)17-3/h4-8,13-14,16H,9-12H2,1-3H3. The molecule has 2 unspecified atom stereocenters. The van der Waals surface area contributed by atoms with Gasteiger partial charge in [-0.3, -0.25) is 0 Å². The van der Waals surface area contributed by atoms with Crippen molar-refractivity contribution in [2.75, 3.05) is 19.3 Å². The zero-order valence-electron chi connectivity index (χ0n) is 11.3. The maximum atomic E-state index is 3.54. The van der Waals surface area contributed by atoms with E-state index in [4.69, 9.17) is 0 Å². The van der Waals surface area contributed by atoms with E-state index in [0.717, 1.165) is 18.3 Å². The molecule has 0 aromatic heterocycles. The maximum Gasteiger partial charge on any atom is 0.00280 e. The Morgan fingerprint density at radius 1 is 1.06 bits per heavy atom. The van der Waals surface area contributed by atoms with Gasteiger partial charge in [-0.15, -0.1) is 0 Å². The minimum atomic E-state index is 0.654. The van der Waals surface area contributed by atoms with Crippen molar-refractivity contribution in [3.63, 3.8) is 0 Å². The molecule has 1 nitrogen and oxygen atoms in total. The lowest BCUT2D eigenvalue weighted by Crippen LogP contribution is -2.20. The van der Waals surface area contributed by atoms with Crippen molar-refractivity contribution in [2.24, 2.45) is 0 Å². The molecule has 0 saturated heterocycles. The second-order valence-corrected chi connectivity index (χ2v) is 5.96. The van der Waals surface area contributed by atoms with E-state index in [1.165, 1.54) is 18.4 Å². The van der Waals surface area contributed by atoms with E-state index in [0.29, 0.717) is 5.92 Å². The van der Waals surface area contributed by atoms with Gasteiger partial charge >= 0.3 is 0 Å². The van der Waals surface area contributed by atoms with Crippen molar-refractivity contribution in [1.29, 1.82) is 0 Å². The van der Waals surface area contributed by atoms with Crippen molar-refractivity contribution >= 4 is 11.8 Å². The maximum absolute atomic E-state index is 3.54. The number of hydrogen-bond donors (Lipinski definition) is 1. The van der Waals surface area contributed by atoms with Gasteiger partial charge in [0.1, 0.15) is 0 Å². The summed E-state index contributed by atoms with van der Waals surface area (Å²) in [5, 5.41) is 4.31. The van der Waals surface area contributed by atoms with Gasteiger partial charge in [0.2, 0.25) is 0 Å². The van der Waals surface area contributed by atoms with Crippen molar-refractivity contribution in [1.82, 2.24) is 5.32 Å². The fourth-order valence-corrected chi connectivity index (χ4v) is 2.17. The molecule has 1 N–H and O–H groups in total. The van der Waals surface area contributed by atoms with Gasteiger partial charge in [0.15, 0.2) is 0 Å². The van der Waals surface area contributed by atoms with Crippen LogP contribution < -0.4 is 5.32 Å². The molecule has 2 atom stereocenters. The highest BCUT2D eigenvalue weighted by molar-refractivity contribution is 7.99. The number of benzene rings is 1. The lowest BCUT2D eigenvalue weighted by molar-refractivity contribution is 0.581. The largest absolute Gasteiger partial charge is 0.317 e. The summed E-state index contributed by atoms with van der Waals surface area (Å²) < 4.78 is 0. The van der Waals surface area contributed by atoms with Crippen molar-refractivity contribution in [3.8, 4) is 0 Å². The molecular weight excluding hydrogens is 226 g/mol. The quantitative estimate of drug-likeness (QED) is 0.703. The summed E-state index contributed by atoms with van der Waals surface area (Å²) in [6.45, 7) is 6.86. The Labute approximate surface area is 110 Å². The molecule has 0 amide bonds. The van der Waals surface area contributed by atoms with E-state index >= 15 is 0 Å². The Bertz CT molecular complexity index is 286. The molecule has 0 heterocycles. The van der Waals surface area contributed by atoms with Crippen LogP contribution in [0.3, 0.4) is 0 Å². The predicted octanol–water partition coefficient (Wildman–Crippen LogP) is 3.91. The van der Waals surface area contributed by atoms with Crippen LogP contribution in [0.25, 0.3) is 0 Å². The normalized spacial score (nSPS) is 14.5. The highest BCUT2D eigenvalue weighted by Crippen LogP contribution is 2.17. The molecule has 1 aromatic rings. The Morgan fingerprint density at radius 3 is 2.35 bits per heavy atom. The van der Waals surface area contributed by atoms with Gasteiger partial charge in [-0.05, 0) is 43.7 Å². The third-order valence-electron chi connectivity index (χ3n) is 3.25. The second-order valence-electron chi connectivity index (χ2n) is 4.69. The molecule has 0 bridgehead atoms. The van der Waals surface area contributed by atoms with E-state index in [9.17, 15) is 0 Å². The fourth-order valence-electron chi connectivity index (χ4n) is 1.81. The fraction of sp³-hybridized carbons (Fsp3) is 0.600. The lowest BCUT2D eigenvalue weighted by Gasteiger charge is -2.13. The van der Waals surface area contributed by atoms with Crippen LogP contribution in [0.1, 0.15) is 38.2 Å². The van der Waals surface area contributed by atoms with Gasteiger partial charge in [0.25, 0.3) is 0 Å². The molecule has 0 spiro atoms.